The summed E-state index contributed by atoms with van der Waals surface area (Å²) in [6.07, 6.45) is -4.05. The van der Waals surface area contributed by atoms with E-state index in [1.165, 1.54) is 6.07 Å². The van der Waals surface area contributed by atoms with Gasteiger partial charge in [0.05, 0.1) is 11.3 Å². The second-order valence-electron chi connectivity index (χ2n) is 3.95. The van der Waals surface area contributed by atoms with Gasteiger partial charge in [-0.05, 0) is 18.2 Å². The Morgan fingerprint density at radius 2 is 1.90 bits per heavy atom. The maximum Gasteiger partial charge on any atom is 0.416 e. The van der Waals surface area contributed by atoms with E-state index in [1.807, 2.05) is 0 Å². The number of rotatable bonds is 1. The molecule has 5 nitrogen and oxygen atoms in total. The maximum atomic E-state index is 13.7. The number of aromatic nitrogens is 2. The molecule has 0 atom stereocenters. The van der Waals surface area contributed by atoms with E-state index in [0.717, 1.165) is 0 Å². The van der Waals surface area contributed by atoms with Crippen LogP contribution in [0.3, 0.4) is 0 Å². The number of H-pyrrole nitrogens is 1. The molecule has 1 N–H and O–H groups in total. The molecule has 1 aromatic heterocycles. The topological polar surface area (TPSA) is 78.7 Å². The van der Waals surface area contributed by atoms with Gasteiger partial charge in [0.15, 0.2) is 0 Å². The zero-order chi connectivity index (χ0) is 15.8. The Labute approximate surface area is 113 Å². The smallest absolute Gasteiger partial charge is 0.273 e. The quantitative estimate of drug-likeness (QED) is 0.812. The fourth-order valence-electron chi connectivity index (χ4n) is 1.60. The van der Waals surface area contributed by atoms with Crippen molar-refractivity contribution in [2.45, 2.75) is 6.18 Å². The molecule has 0 bridgehead atoms. The van der Waals surface area contributed by atoms with Crippen LogP contribution in [0.15, 0.2) is 34.0 Å². The van der Waals surface area contributed by atoms with E-state index in [4.69, 9.17) is 5.26 Å². The van der Waals surface area contributed by atoms with Crippen LogP contribution < -0.4 is 11.2 Å². The van der Waals surface area contributed by atoms with Gasteiger partial charge in [-0.2, -0.15) is 18.4 Å². The lowest BCUT2D eigenvalue weighted by atomic mass is 10.2. The van der Waals surface area contributed by atoms with Gasteiger partial charge < -0.3 is 0 Å². The fourth-order valence-corrected chi connectivity index (χ4v) is 1.60. The van der Waals surface area contributed by atoms with Gasteiger partial charge in [0.1, 0.15) is 17.4 Å². The van der Waals surface area contributed by atoms with E-state index in [-0.39, 0.29) is 0 Å². The number of hydrogen-bond acceptors (Lipinski definition) is 3. The van der Waals surface area contributed by atoms with E-state index in [1.54, 1.807) is 4.98 Å². The minimum Gasteiger partial charge on any atom is -0.273 e. The highest BCUT2D eigenvalue weighted by Gasteiger charge is 2.31. The molecule has 1 heterocycles. The van der Waals surface area contributed by atoms with Gasteiger partial charge in [-0.15, -0.1) is 0 Å². The van der Waals surface area contributed by atoms with E-state index >= 15 is 0 Å². The summed E-state index contributed by atoms with van der Waals surface area (Å²) in [6, 6.07) is 2.92. The first-order valence-electron chi connectivity index (χ1n) is 5.37. The summed E-state index contributed by atoms with van der Waals surface area (Å²) in [5.74, 6) is -1.11. The van der Waals surface area contributed by atoms with Gasteiger partial charge in [0.2, 0.25) is 0 Å². The molecule has 0 spiro atoms. The molecule has 0 unspecified atom stereocenters. The van der Waals surface area contributed by atoms with Crippen LogP contribution in [-0.4, -0.2) is 9.55 Å². The third-order valence-corrected chi connectivity index (χ3v) is 2.60. The summed E-state index contributed by atoms with van der Waals surface area (Å²) in [5, 5.41) is 8.67. The lowest BCUT2D eigenvalue weighted by Gasteiger charge is -2.11. The fraction of sp³-hybridized carbons (Fsp3) is 0.0833. The summed E-state index contributed by atoms with van der Waals surface area (Å²) >= 11 is 0. The Kier molecular flexibility index (Phi) is 3.39. The number of benzene rings is 1. The van der Waals surface area contributed by atoms with E-state index < -0.39 is 40.1 Å². The van der Waals surface area contributed by atoms with Crippen molar-refractivity contribution in [3.8, 4) is 11.8 Å². The molecule has 0 fully saturated rings. The second-order valence-corrected chi connectivity index (χ2v) is 3.95. The van der Waals surface area contributed by atoms with Crippen molar-refractivity contribution in [3.63, 3.8) is 0 Å². The number of alkyl halides is 3. The van der Waals surface area contributed by atoms with Crippen LogP contribution in [-0.2, 0) is 6.18 Å². The monoisotopic (exact) mass is 299 g/mol. The Hall–Kier alpha value is -2.89. The minimum absolute atomic E-state index is 0.413. The molecule has 0 saturated carbocycles. The Balaban J connectivity index is 2.76. The van der Waals surface area contributed by atoms with Crippen molar-refractivity contribution in [2.75, 3.05) is 0 Å². The standard InChI is InChI=1S/C12H5F4N3O2/c13-8-2-1-7(12(14,15)16)3-9(8)19-5-6(4-17)10(20)18-11(19)21/h1-3,5H,(H,18,20,21). The molecule has 1 aromatic carbocycles. The first-order chi connectivity index (χ1) is 9.74. The first kappa shape index (κ1) is 14.5. The summed E-state index contributed by atoms with van der Waals surface area (Å²) in [7, 11) is 0. The Morgan fingerprint density at radius 1 is 1.24 bits per heavy atom. The van der Waals surface area contributed by atoms with Crippen molar-refractivity contribution in [1.82, 2.24) is 9.55 Å². The van der Waals surface area contributed by atoms with Crippen LogP contribution in [0, 0.1) is 17.1 Å². The molecule has 0 aliphatic heterocycles. The van der Waals surface area contributed by atoms with Crippen molar-refractivity contribution in [2.24, 2.45) is 0 Å². The number of nitrogens with zero attached hydrogens (tertiary/aromatic N) is 2. The van der Waals surface area contributed by atoms with Crippen LogP contribution in [0.1, 0.15) is 11.1 Å². The van der Waals surface area contributed by atoms with Gasteiger partial charge in [-0.1, -0.05) is 0 Å². The van der Waals surface area contributed by atoms with Crippen LogP contribution in [0.2, 0.25) is 0 Å². The lowest BCUT2D eigenvalue weighted by Crippen LogP contribution is -2.30. The number of aromatic amines is 1. The highest BCUT2D eigenvalue weighted by molar-refractivity contribution is 5.40. The SMILES string of the molecule is N#Cc1cn(-c2cc(C(F)(F)F)ccc2F)c(=O)[nH]c1=O. The molecular formula is C12H5F4N3O2. The van der Waals surface area contributed by atoms with E-state index in [9.17, 15) is 27.2 Å². The molecule has 9 heteroatoms. The number of halogens is 4. The average Bonchev–Trinajstić information content (AvgIpc) is 2.39. The van der Waals surface area contributed by atoms with Crippen LogP contribution in [0.25, 0.3) is 5.69 Å². The highest BCUT2D eigenvalue weighted by Crippen LogP contribution is 2.30. The third-order valence-electron chi connectivity index (χ3n) is 2.60. The van der Waals surface area contributed by atoms with E-state index in [2.05, 4.69) is 0 Å². The normalized spacial score (nSPS) is 11.2. The van der Waals surface area contributed by atoms with Gasteiger partial charge in [0.25, 0.3) is 5.56 Å². The molecule has 0 saturated heterocycles. The highest BCUT2D eigenvalue weighted by atomic mass is 19.4. The first-order valence-corrected chi connectivity index (χ1v) is 5.37. The van der Waals surface area contributed by atoms with Crippen LogP contribution in [0.5, 0.6) is 0 Å². The number of nitriles is 1. The molecular weight excluding hydrogens is 294 g/mol. The van der Waals surface area contributed by atoms with Gasteiger partial charge in [0, 0.05) is 6.20 Å². The largest absolute Gasteiger partial charge is 0.416 e. The van der Waals surface area contributed by atoms with Gasteiger partial charge in [-0.25, -0.2) is 9.18 Å². The molecule has 0 aliphatic rings. The summed E-state index contributed by atoms with van der Waals surface area (Å²) in [5.41, 5.74) is -4.59. The lowest BCUT2D eigenvalue weighted by molar-refractivity contribution is -0.137. The molecule has 2 aromatic rings. The molecule has 108 valence electrons. The van der Waals surface area contributed by atoms with Crippen LogP contribution in [0.4, 0.5) is 17.6 Å². The molecule has 2 rings (SSSR count). The van der Waals surface area contributed by atoms with Gasteiger partial charge in [-0.3, -0.25) is 14.3 Å². The number of hydrogen-bond donors (Lipinski definition) is 1. The number of nitrogens with one attached hydrogen (secondary N) is 1. The average molecular weight is 299 g/mol. The summed E-state index contributed by atoms with van der Waals surface area (Å²) in [4.78, 5) is 24.5. The summed E-state index contributed by atoms with van der Waals surface area (Å²) < 4.78 is 51.9. The van der Waals surface area contributed by atoms with E-state index in [0.29, 0.717) is 29.0 Å². The molecule has 21 heavy (non-hydrogen) atoms. The maximum absolute atomic E-state index is 13.7. The predicted molar refractivity (Wildman–Crippen MR) is 62.3 cm³/mol. The van der Waals surface area contributed by atoms with Crippen molar-refractivity contribution < 1.29 is 17.6 Å². The molecule has 0 radical (unpaired) electrons. The Bertz CT molecular complexity index is 859. The van der Waals surface area contributed by atoms with Gasteiger partial charge >= 0.3 is 11.9 Å². The molecule has 0 aliphatic carbocycles. The minimum atomic E-state index is -4.73. The third kappa shape index (κ3) is 2.69. The predicted octanol–water partition coefficient (Wildman–Crippen LogP) is 1.56. The summed E-state index contributed by atoms with van der Waals surface area (Å²) in [6.45, 7) is 0. The van der Waals surface area contributed by atoms with Crippen molar-refractivity contribution >= 4 is 0 Å². The zero-order valence-electron chi connectivity index (χ0n) is 10.0. The second kappa shape index (κ2) is 4.90. The van der Waals surface area contributed by atoms with Crippen molar-refractivity contribution in [3.05, 3.63) is 62.2 Å². The van der Waals surface area contributed by atoms with Crippen molar-refractivity contribution in [1.29, 1.82) is 5.26 Å². The molecule has 0 amide bonds. The Morgan fingerprint density at radius 3 is 2.48 bits per heavy atom. The zero-order valence-corrected chi connectivity index (χ0v) is 10.0. The van der Waals surface area contributed by atoms with Crippen LogP contribution >= 0.6 is 0 Å².